The van der Waals surface area contributed by atoms with Gasteiger partial charge in [-0.15, -0.1) is 0 Å². The molecule has 0 saturated heterocycles. The van der Waals surface area contributed by atoms with Crippen LogP contribution in [0.25, 0.3) is 44.5 Å². The Morgan fingerprint density at radius 3 is 0.375 bits per heavy atom. The van der Waals surface area contributed by atoms with Crippen LogP contribution in [-0.4, -0.2) is 23.9 Å². The van der Waals surface area contributed by atoms with Crippen molar-refractivity contribution in [3.63, 3.8) is 0 Å². The Labute approximate surface area is 650 Å². The average molecular weight is 1450 g/mol. The summed E-state index contributed by atoms with van der Waals surface area (Å²) >= 11 is 0. The second-order valence-electron chi connectivity index (χ2n) is 27.8. The fourth-order valence-electron chi connectivity index (χ4n) is 16.6. The maximum Gasteiger partial charge on any atom is 0.331 e. The molecule has 0 atom stereocenters. The standard InChI is InChI=1S/C104H72O8/c105-97(101(73-37-13-1-14-38-73,74-39-15-2-16-40-74)75-41-17-3-18-42-75)109-85-61-65-89-90-66-62-87(111-99(107)103(79-49-25-7-26-50-79,80-51-27-8-28-52-80)81-53-29-9-30-54-81)71-95(90)96-72-88(112-100(108)104(82-55-31-10-32-56-82,83-57-33-11-34-58-83)84-59-35-12-36-60-84)64-68-92(96)91-67-63-86(70-94(91)93(89)69-85)110-98(106)102(76-43-19-4-20-44-76,77-45-21-5-22-46-77)78-47-23-6-24-48-78/h1-72H. The minimum Gasteiger partial charge on any atom is -0.425 e. The molecule has 0 spiro atoms. The van der Waals surface area contributed by atoms with E-state index in [1.54, 1.807) is 24.3 Å². The van der Waals surface area contributed by atoms with E-state index >= 15 is 19.2 Å². The van der Waals surface area contributed by atoms with Gasteiger partial charge in [-0.3, -0.25) is 0 Å². The third-order valence-corrected chi connectivity index (χ3v) is 21.7. The van der Waals surface area contributed by atoms with E-state index in [2.05, 4.69) is 0 Å². The lowest BCUT2D eigenvalue weighted by molar-refractivity contribution is -0.138. The summed E-state index contributed by atoms with van der Waals surface area (Å²) in [6.45, 7) is 0. The molecule has 0 radical (unpaired) electrons. The molecule has 16 aromatic carbocycles. The SMILES string of the molecule is O=C(Oc1ccc2c(c1)-c1cc(OC(=O)C(c3ccccc3)(c3ccccc3)c3ccccc3)ccc1-c1ccc(OC(=O)C(c3ccccc3)(c3ccccc3)c3ccccc3)cc1-c1cc(OC(=O)C(c3ccccc3)(c3ccccc3)c3ccccc3)ccc1-2)C(c1ccccc1)(c1ccccc1)c1ccccc1. The molecule has 1 aliphatic rings. The highest BCUT2D eigenvalue weighted by molar-refractivity contribution is 6.06. The Kier molecular flexibility index (Phi) is 19.2. The largest absolute Gasteiger partial charge is 0.425 e. The van der Waals surface area contributed by atoms with Crippen molar-refractivity contribution in [1.82, 2.24) is 0 Å². The maximum atomic E-state index is 16.3. The zero-order valence-electron chi connectivity index (χ0n) is 60.8. The molecule has 0 heterocycles. The molecular formula is C104H72O8. The quantitative estimate of drug-likeness (QED) is 0.0422. The second kappa shape index (κ2) is 30.6. The zero-order valence-corrected chi connectivity index (χ0v) is 60.8. The van der Waals surface area contributed by atoms with Crippen LogP contribution in [-0.2, 0) is 40.8 Å². The van der Waals surface area contributed by atoms with Gasteiger partial charge in [0.15, 0.2) is 0 Å². The van der Waals surface area contributed by atoms with Crippen LogP contribution in [0.5, 0.6) is 23.0 Å². The van der Waals surface area contributed by atoms with Crippen molar-refractivity contribution in [2.24, 2.45) is 0 Å². The topological polar surface area (TPSA) is 105 Å². The van der Waals surface area contributed by atoms with Crippen molar-refractivity contribution in [2.45, 2.75) is 21.7 Å². The highest BCUT2D eigenvalue weighted by Crippen LogP contribution is 2.54. The first kappa shape index (κ1) is 70.4. The Hall–Kier alpha value is -14.6. The van der Waals surface area contributed by atoms with E-state index in [9.17, 15) is 0 Å². The molecule has 536 valence electrons. The van der Waals surface area contributed by atoms with Gasteiger partial charge in [0.1, 0.15) is 44.7 Å². The van der Waals surface area contributed by atoms with Crippen LogP contribution in [0.15, 0.2) is 437 Å². The summed E-state index contributed by atoms with van der Waals surface area (Å²) < 4.78 is 28.0. The van der Waals surface area contributed by atoms with Gasteiger partial charge in [0.2, 0.25) is 0 Å². The third-order valence-electron chi connectivity index (χ3n) is 21.7. The van der Waals surface area contributed by atoms with E-state index in [0.29, 0.717) is 111 Å². The van der Waals surface area contributed by atoms with Gasteiger partial charge in [0.25, 0.3) is 0 Å². The molecule has 1 aliphatic carbocycles. The summed E-state index contributed by atoms with van der Waals surface area (Å²) in [5.41, 5.74) is 7.46. The van der Waals surface area contributed by atoms with E-state index in [-0.39, 0.29) is 23.0 Å². The lowest BCUT2D eigenvalue weighted by Crippen LogP contribution is -2.41. The van der Waals surface area contributed by atoms with Gasteiger partial charge in [-0.2, -0.15) is 0 Å². The summed E-state index contributed by atoms with van der Waals surface area (Å²) in [5, 5.41) is 0. The highest BCUT2D eigenvalue weighted by atomic mass is 16.5. The average Bonchev–Trinajstić information content (AvgIpc) is 0.739. The van der Waals surface area contributed by atoms with Crippen LogP contribution in [0.1, 0.15) is 66.8 Å². The molecule has 0 unspecified atom stereocenters. The molecule has 17 rings (SSSR count). The van der Waals surface area contributed by atoms with E-state index < -0.39 is 45.5 Å². The number of hydrogen-bond donors (Lipinski definition) is 0. The van der Waals surface area contributed by atoms with Gasteiger partial charge < -0.3 is 18.9 Å². The van der Waals surface area contributed by atoms with E-state index in [1.807, 2.05) is 413 Å². The van der Waals surface area contributed by atoms with Gasteiger partial charge >= 0.3 is 23.9 Å². The fourth-order valence-corrected chi connectivity index (χ4v) is 16.6. The molecule has 0 bridgehead atoms. The summed E-state index contributed by atoms with van der Waals surface area (Å²) in [4.78, 5) is 65.1. The summed E-state index contributed by atoms with van der Waals surface area (Å²) in [6, 6.07) is 139. The minimum absolute atomic E-state index is 0.216. The lowest BCUT2D eigenvalue weighted by Gasteiger charge is -2.34. The van der Waals surface area contributed by atoms with Gasteiger partial charge in [-0.25, -0.2) is 19.2 Å². The minimum atomic E-state index is -1.47. The van der Waals surface area contributed by atoms with E-state index in [0.717, 1.165) is 0 Å². The van der Waals surface area contributed by atoms with Crippen LogP contribution >= 0.6 is 0 Å². The third kappa shape index (κ3) is 12.4. The first-order chi connectivity index (χ1) is 55.2. The lowest BCUT2D eigenvalue weighted by atomic mass is 9.69. The monoisotopic (exact) mass is 1450 g/mol. The van der Waals surface area contributed by atoms with Gasteiger partial charge in [0.05, 0.1) is 0 Å². The Morgan fingerprint density at radius 1 is 0.143 bits per heavy atom. The van der Waals surface area contributed by atoms with E-state index in [4.69, 9.17) is 18.9 Å². The smallest absolute Gasteiger partial charge is 0.331 e. The summed E-state index contributed by atoms with van der Waals surface area (Å²) in [6.07, 6.45) is 0. The molecule has 0 fully saturated rings. The van der Waals surface area contributed by atoms with Crippen molar-refractivity contribution in [3.8, 4) is 67.5 Å². The van der Waals surface area contributed by atoms with Crippen LogP contribution in [0.4, 0.5) is 0 Å². The molecule has 8 nitrogen and oxygen atoms in total. The molecule has 0 aliphatic heterocycles. The van der Waals surface area contributed by atoms with Crippen LogP contribution in [0.3, 0.4) is 0 Å². The van der Waals surface area contributed by atoms with Gasteiger partial charge in [-0.05, 0) is 160 Å². The predicted octanol–water partition coefficient (Wildman–Crippen LogP) is 22.4. The fraction of sp³-hybridized carbons (Fsp3) is 0.0385. The summed E-state index contributed by atoms with van der Waals surface area (Å²) in [5.74, 6) is -1.37. The number of ether oxygens (including phenoxy) is 4. The Morgan fingerprint density at radius 2 is 0.259 bits per heavy atom. The van der Waals surface area contributed by atoms with Crippen LogP contribution in [0, 0.1) is 0 Å². The Bertz CT molecular complexity index is 4900. The predicted molar refractivity (Wildman–Crippen MR) is 441 cm³/mol. The van der Waals surface area contributed by atoms with Crippen molar-refractivity contribution in [1.29, 1.82) is 0 Å². The molecule has 0 aromatic heterocycles. The summed E-state index contributed by atoms with van der Waals surface area (Å²) in [7, 11) is 0. The molecule has 16 aromatic rings. The first-order valence-corrected chi connectivity index (χ1v) is 37.3. The normalized spacial score (nSPS) is 11.7. The van der Waals surface area contributed by atoms with Crippen molar-refractivity contribution < 1.29 is 38.1 Å². The number of esters is 4. The van der Waals surface area contributed by atoms with E-state index in [1.165, 1.54) is 0 Å². The van der Waals surface area contributed by atoms with Crippen molar-refractivity contribution >= 4 is 23.9 Å². The zero-order chi connectivity index (χ0) is 75.9. The number of fused-ring (bicyclic) bond motifs is 8. The molecule has 8 heteroatoms. The molecule has 0 N–H and O–H groups in total. The molecule has 112 heavy (non-hydrogen) atoms. The number of benzene rings is 16. The Balaban J connectivity index is 0.894. The number of hydrogen-bond acceptors (Lipinski definition) is 8. The number of carbonyl (C=O) groups is 4. The molecule has 0 amide bonds. The second-order valence-corrected chi connectivity index (χ2v) is 27.8. The highest BCUT2D eigenvalue weighted by Gasteiger charge is 2.50. The molecular weight excluding hydrogens is 1380 g/mol. The van der Waals surface area contributed by atoms with Crippen molar-refractivity contribution in [3.05, 3.63) is 504 Å². The first-order valence-electron chi connectivity index (χ1n) is 37.3. The number of rotatable bonds is 20. The molecule has 0 saturated carbocycles. The maximum absolute atomic E-state index is 16.3. The van der Waals surface area contributed by atoms with Crippen LogP contribution in [0.2, 0.25) is 0 Å². The van der Waals surface area contributed by atoms with Crippen LogP contribution < -0.4 is 18.9 Å². The number of carbonyl (C=O) groups excluding carboxylic acids is 4. The van der Waals surface area contributed by atoms with Crippen molar-refractivity contribution in [2.75, 3.05) is 0 Å². The van der Waals surface area contributed by atoms with Gasteiger partial charge in [0, 0.05) is 0 Å². The van der Waals surface area contributed by atoms with Gasteiger partial charge in [-0.1, -0.05) is 388 Å².